The maximum absolute atomic E-state index is 5.98. The van der Waals surface area contributed by atoms with Gasteiger partial charge in [-0.15, -0.1) is 10.2 Å². The molecule has 136 valence electrons. The Bertz CT molecular complexity index is 861. The molecule has 1 fully saturated rings. The lowest BCUT2D eigenvalue weighted by Crippen LogP contribution is -2.38. The molecule has 0 unspecified atom stereocenters. The average molecular weight is 352 g/mol. The van der Waals surface area contributed by atoms with Gasteiger partial charge in [0.15, 0.2) is 0 Å². The average Bonchev–Trinajstić information content (AvgIpc) is 3.21. The first-order chi connectivity index (χ1) is 12.6. The van der Waals surface area contributed by atoms with Gasteiger partial charge in [-0.25, -0.2) is 0 Å². The first-order valence-corrected chi connectivity index (χ1v) is 9.17. The van der Waals surface area contributed by atoms with E-state index in [1.807, 2.05) is 37.3 Å². The highest BCUT2D eigenvalue weighted by Crippen LogP contribution is 2.33. The van der Waals surface area contributed by atoms with E-state index in [-0.39, 0.29) is 0 Å². The lowest BCUT2D eigenvalue weighted by Gasteiger charge is -2.33. The molecule has 0 saturated carbocycles. The lowest BCUT2D eigenvalue weighted by molar-refractivity contribution is 0.124. The van der Waals surface area contributed by atoms with Gasteiger partial charge in [-0.1, -0.05) is 49.3 Å². The Labute approximate surface area is 153 Å². The Hall–Kier alpha value is -2.47. The van der Waals surface area contributed by atoms with Crippen LogP contribution in [-0.2, 0) is 6.54 Å². The van der Waals surface area contributed by atoms with E-state index < -0.39 is 0 Å². The number of benzene rings is 1. The van der Waals surface area contributed by atoms with Crippen LogP contribution >= 0.6 is 0 Å². The molecule has 0 bridgehead atoms. The maximum Gasteiger partial charge on any atom is 0.253 e. The van der Waals surface area contributed by atoms with Crippen LogP contribution in [0.1, 0.15) is 31.9 Å². The quantitative estimate of drug-likeness (QED) is 0.702. The number of hydrogen-bond donors (Lipinski definition) is 0. The van der Waals surface area contributed by atoms with Gasteiger partial charge in [0, 0.05) is 18.7 Å². The van der Waals surface area contributed by atoms with Crippen LogP contribution < -0.4 is 0 Å². The first kappa shape index (κ1) is 17.0. The van der Waals surface area contributed by atoms with Crippen molar-refractivity contribution in [2.24, 2.45) is 11.8 Å². The van der Waals surface area contributed by atoms with Crippen LogP contribution in [0.15, 0.2) is 39.3 Å². The zero-order chi connectivity index (χ0) is 18.1. The monoisotopic (exact) mass is 352 g/mol. The predicted octanol–water partition coefficient (Wildman–Crippen LogP) is 4.18. The van der Waals surface area contributed by atoms with Crippen molar-refractivity contribution in [3.05, 3.63) is 42.0 Å². The predicted molar refractivity (Wildman–Crippen MR) is 98.2 cm³/mol. The molecule has 6 nitrogen and oxygen atoms in total. The Morgan fingerprint density at radius 1 is 1.08 bits per heavy atom. The molecule has 3 heterocycles. The van der Waals surface area contributed by atoms with Crippen molar-refractivity contribution < 1.29 is 8.94 Å². The zero-order valence-corrected chi connectivity index (χ0v) is 15.5. The fourth-order valence-corrected chi connectivity index (χ4v) is 3.95. The number of piperidine rings is 1. The van der Waals surface area contributed by atoms with Gasteiger partial charge in [0.2, 0.25) is 5.89 Å². The summed E-state index contributed by atoms with van der Waals surface area (Å²) in [7, 11) is 0. The molecule has 6 heteroatoms. The van der Waals surface area contributed by atoms with Crippen molar-refractivity contribution in [3.8, 4) is 22.7 Å². The zero-order valence-electron chi connectivity index (χ0n) is 15.5. The number of aromatic nitrogens is 3. The summed E-state index contributed by atoms with van der Waals surface area (Å²) in [6.07, 6.45) is 1.28. The molecule has 2 aromatic heterocycles. The van der Waals surface area contributed by atoms with E-state index in [1.165, 1.54) is 6.42 Å². The summed E-state index contributed by atoms with van der Waals surface area (Å²) in [5.74, 6) is 3.19. The minimum atomic E-state index is 0.468. The molecule has 0 N–H and O–H groups in total. The second kappa shape index (κ2) is 7.03. The highest BCUT2D eigenvalue weighted by atomic mass is 16.5. The van der Waals surface area contributed by atoms with Crippen LogP contribution in [0.25, 0.3) is 22.7 Å². The second-order valence-electron chi connectivity index (χ2n) is 7.47. The third-order valence-electron chi connectivity index (χ3n) is 4.89. The summed E-state index contributed by atoms with van der Waals surface area (Å²) in [6, 6.07) is 9.91. The summed E-state index contributed by atoms with van der Waals surface area (Å²) in [4.78, 5) is 2.40. The molecule has 26 heavy (non-hydrogen) atoms. The van der Waals surface area contributed by atoms with E-state index in [0.717, 1.165) is 29.9 Å². The smallest absolute Gasteiger partial charge is 0.253 e. The molecule has 1 saturated heterocycles. The first-order valence-electron chi connectivity index (χ1n) is 9.17. The molecule has 0 aliphatic carbocycles. The number of nitrogens with zero attached hydrogens (tertiary/aromatic N) is 4. The van der Waals surface area contributed by atoms with E-state index in [2.05, 4.69) is 34.1 Å². The van der Waals surface area contributed by atoms with Gasteiger partial charge in [0.1, 0.15) is 17.0 Å². The molecule has 1 aromatic carbocycles. The van der Waals surface area contributed by atoms with Crippen molar-refractivity contribution >= 4 is 0 Å². The van der Waals surface area contributed by atoms with E-state index >= 15 is 0 Å². The van der Waals surface area contributed by atoms with Gasteiger partial charge in [0.25, 0.3) is 5.89 Å². The summed E-state index contributed by atoms with van der Waals surface area (Å²) in [6.45, 7) is 9.30. The van der Waals surface area contributed by atoms with Crippen molar-refractivity contribution in [1.29, 1.82) is 0 Å². The third-order valence-corrected chi connectivity index (χ3v) is 4.89. The van der Waals surface area contributed by atoms with Crippen molar-refractivity contribution in [2.75, 3.05) is 13.1 Å². The largest absolute Gasteiger partial charge is 0.419 e. The fraction of sp³-hybridized carbons (Fsp3) is 0.450. The summed E-state index contributed by atoms with van der Waals surface area (Å²) >= 11 is 0. The van der Waals surface area contributed by atoms with Gasteiger partial charge >= 0.3 is 0 Å². The van der Waals surface area contributed by atoms with Gasteiger partial charge in [-0.3, -0.25) is 4.90 Å². The van der Waals surface area contributed by atoms with E-state index in [4.69, 9.17) is 8.94 Å². The van der Waals surface area contributed by atoms with Crippen molar-refractivity contribution in [3.63, 3.8) is 0 Å². The molecule has 0 amide bonds. The summed E-state index contributed by atoms with van der Waals surface area (Å²) in [5, 5.41) is 12.7. The molecule has 1 aliphatic rings. The maximum atomic E-state index is 5.98. The topological polar surface area (TPSA) is 68.2 Å². The van der Waals surface area contributed by atoms with Gasteiger partial charge in [-0.05, 0) is 25.2 Å². The van der Waals surface area contributed by atoms with Crippen LogP contribution in [0.2, 0.25) is 0 Å². The Morgan fingerprint density at radius 2 is 1.81 bits per heavy atom. The third kappa shape index (κ3) is 3.42. The number of likely N-dealkylation sites (tertiary alicyclic amines) is 1. The van der Waals surface area contributed by atoms with Crippen LogP contribution in [0.4, 0.5) is 0 Å². The van der Waals surface area contributed by atoms with E-state index in [9.17, 15) is 0 Å². The van der Waals surface area contributed by atoms with Crippen LogP contribution in [0, 0.1) is 18.8 Å². The minimum Gasteiger partial charge on any atom is -0.419 e. The normalized spacial score (nSPS) is 21.2. The van der Waals surface area contributed by atoms with E-state index in [0.29, 0.717) is 35.9 Å². The molecular weight excluding hydrogens is 328 g/mol. The highest BCUT2D eigenvalue weighted by molar-refractivity contribution is 5.77. The fourth-order valence-electron chi connectivity index (χ4n) is 3.95. The molecule has 1 aliphatic heterocycles. The molecule has 2 atom stereocenters. The van der Waals surface area contributed by atoms with Crippen LogP contribution in [0.3, 0.4) is 0 Å². The minimum absolute atomic E-state index is 0.468. The highest BCUT2D eigenvalue weighted by Gasteiger charge is 2.25. The SMILES string of the molecule is Cc1onc(-c2ccccc2)c1-c1nnc(CN2C[C@H](C)C[C@H](C)C2)o1. The number of hydrogen-bond acceptors (Lipinski definition) is 6. The van der Waals surface area contributed by atoms with E-state index in [1.54, 1.807) is 0 Å². The van der Waals surface area contributed by atoms with Gasteiger partial charge in [-0.2, -0.15) is 0 Å². The molecule has 4 rings (SSSR count). The number of rotatable bonds is 4. The summed E-state index contributed by atoms with van der Waals surface area (Å²) in [5.41, 5.74) is 2.48. The Morgan fingerprint density at radius 3 is 2.54 bits per heavy atom. The van der Waals surface area contributed by atoms with Crippen molar-refractivity contribution in [2.45, 2.75) is 33.7 Å². The Balaban J connectivity index is 1.58. The number of aryl methyl sites for hydroxylation is 1. The summed E-state index contributed by atoms with van der Waals surface area (Å²) < 4.78 is 11.4. The molecule has 0 spiro atoms. The van der Waals surface area contributed by atoms with Gasteiger partial charge in [0.05, 0.1) is 6.54 Å². The van der Waals surface area contributed by atoms with Crippen molar-refractivity contribution in [1.82, 2.24) is 20.3 Å². The molecule has 3 aromatic rings. The van der Waals surface area contributed by atoms with Gasteiger partial charge < -0.3 is 8.94 Å². The Kier molecular flexibility index (Phi) is 4.59. The van der Waals surface area contributed by atoms with Crippen LogP contribution in [0.5, 0.6) is 0 Å². The standard InChI is InChI=1S/C20H24N4O2/c1-13-9-14(2)11-24(10-13)12-17-21-22-20(25-17)18-15(3)26-23-19(18)16-7-5-4-6-8-16/h4-8,13-14H,9-12H2,1-3H3/t13-,14+. The lowest BCUT2D eigenvalue weighted by atomic mass is 9.92. The van der Waals surface area contributed by atoms with Crippen LogP contribution in [-0.4, -0.2) is 33.3 Å². The second-order valence-corrected chi connectivity index (χ2v) is 7.47. The molecular formula is C20H24N4O2. The molecule has 0 radical (unpaired) electrons.